The van der Waals surface area contributed by atoms with E-state index < -0.39 is 6.04 Å². The van der Waals surface area contributed by atoms with Gasteiger partial charge in [0.1, 0.15) is 6.04 Å². The number of nitrogens with one attached hydrogen (secondary N) is 2. The molecule has 32 heavy (non-hydrogen) atoms. The molecule has 7 heteroatoms. The highest BCUT2D eigenvalue weighted by atomic mass is 16.2. The van der Waals surface area contributed by atoms with Crippen LogP contribution in [0.25, 0.3) is 0 Å². The van der Waals surface area contributed by atoms with Gasteiger partial charge in [0.2, 0.25) is 5.91 Å². The summed E-state index contributed by atoms with van der Waals surface area (Å²) in [6.45, 7) is 5.76. The largest absolute Gasteiger partial charge is 0.352 e. The lowest BCUT2D eigenvalue weighted by Crippen LogP contribution is -2.57. The van der Waals surface area contributed by atoms with E-state index in [1.165, 1.54) is 0 Å². The number of aromatic nitrogens is 1. The number of urea groups is 1. The zero-order valence-electron chi connectivity index (χ0n) is 18.8. The van der Waals surface area contributed by atoms with Crippen molar-refractivity contribution in [1.82, 2.24) is 20.1 Å². The average Bonchev–Trinajstić information content (AvgIpc) is 2.79. The van der Waals surface area contributed by atoms with Gasteiger partial charge in [-0.2, -0.15) is 0 Å². The van der Waals surface area contributed by atoms with Crippen LogP contribution in [0.5, 0.6) is 0 Å². The molecule has 2 aliphatic heterocycles. The van der Waals surface area contributed by atoms with Crippen LogP contribution in [-0.4, -0.2) is 46.6 Å². The van der Waals surface area contributed by atoms with E-state index in [9.17, 15) is 14.4 Å². The van der Waals surface area contributed by atoms with Gasteiger partial charge in [0.05, 0.1) is 0 Å². The Bertz CT molecular complexity index is 1020. The molecule has 7 nitrogen and oxygen atoms in total. The Kier molecular flexibility index (Phi) is 6.63. The summed E-state index contributed by atoms with van der Waals surface area (Å²) >= 11 is 0. The predicted octanol–water partition coefficient (Wildman–Crippen LogP) is 2.50. The van der Waals surface area contributed by atoms with Gasteiger partial charge in [0, 0.05) is 49.8 Å². The van der Waals surface area contributed by atoms with Crippen LogP contribution in [0.3, 0.4) is 0 Å². The fourth-order valence-corrected chi connectivity index (χ4v) is 4.81. The number of rotatable bonds is 6. The summed E-state index contributed by atoms with van der Waals surface area (Å²) in [6, 6.07) is 14.3. The third kappa shape index (κ3) is 4.87. The monoisotopic (exact) mass is 436 g/mol. The van der Waals surface area contributed by atoms with E-state index in [2.05, 4.69) is 10.6 Å². The minimum atomic E-state index is -0.643. The first-order chi connectivity index (χ1) is 15.4. The third-order valence-corrected chi connectivity index (χ3v) is 6.66. The molecule has 0 unspecified atom stereocenters. The van der Waals surface area contributed by atoms with Gasteiger partial charge in [0.15, 0.2) is 0 Å². The van der Waals surface area contributed by atoms with Gasteiger partial charge >= 0.3 is 6.03 Å². The van der Waals surface area contributed by atoms with Crippen molar-refractivity contribution in [1.29, 1.82) is 0 Å². The van der Waals surface area contributed by atoms with Crippen LogP contribution < -0.4 is 16.2 Å². The number of nitrogens with zero attached hydrogens (tertiary/aromatic N) is 2. The third-order valence-electron chi connectivity index (χ3n) is 6.66. The van der Waals surface area contributed by atoms with Crippen LogP contribution in [0.4, 0.5) is 4.79 Å². The smallest absolute Gasteiger partial charge is 0.318 e. The Morgan fingerprint density at radius 2 is 1.81 bits per heavy atom. The van der Waals surface area contributed by atoms with Crippen LogP contribution >= 0.6 is 0 Å². The maximum atomic E-state index is 13.2. The average molecular weight is 437 g/mol. The van der Waals surface area contributed by atoms with Gasteiger partial charge in [-0.15, -0.1) is 0 Å². The number of fused-ring (bicyclic) bond motifs is 4. The number of likely N-dealkylation sites (tertiary alicyclic amines) is 1. The number of carbonyl (C=O) groups excluding carboxylic acids is 2. The quantitative estimate of drug-likeness (QED) is 0.730. The van der Waals surface area contributed by atoms with Crippen molar-refractivity contribution < 1.29 is 9.59 Å². The predicted molar refractivity (Wildman–Crippen MR) is 123 cm³/mol. The van der Waals surface area contributed by atoms with Gasteiger partial charge in [-0.3, -0.25) is 9.59 Å². The van der Waals surface area contributed by atoms with E-state index >= 15 is 0 Å². The highest BCUT2D eigenvalue weighted by Crippen LogP contribution is 2.34. The van der Waals surface area contributed by atoms with Crippen molar-refractivity contribution in [2.45, 2.75) is 57.7 Å². The van der Waals surface area contributed by atoms with Gasteiger partial charge < -0.3 is 20.1 Å². The fourth-order valence-electron chi connectivity index (χ4n) is 4.81. The molecule has 3 heterocycles. The van der Waals surface area contributed by atoms with Crippen LogP contribution in [0.2, 0.25) is 0 Å². The van der Waals surface area contributed by atoms with Crippen molar-refractivity contribution in [3.63, 3.8) is 0 Å². The second kappa shape index (κ2) is 9.59. The van der Waals surface area contributed by atoms with Crippen molar-refractivity contribution in [2.75, 3.05) is 13.1 Å². The molecule has 2 N–H and O–H groups in total. The van der Waals surface area contributed by atoms with E-state index in [0.29, 0.717) is 26.1 Å². The first kappa shape index (κ1) is 22.1. The van der Waals surface area contributed by atoms with Crippen LogP contribution in [0.1, 0.15) is 43.9 Å². The van der Waals surface area contributed by atoms with Crippen LogP contribution in [0, 0.1) is 5.92 Å². The Hall–Kier alpha value is -3.09. The molecule has 0 aliphatic carbocycles. The number of amides is 3. The summed E-state index contributed by atoms with van der Waals surface area (Å²) < 4.78 is 1.85. The molecule has 2 aromatic rings. The SMILES string of the molecule is CC[C@H](C)NC(=O)[C@H](Cc1ccccc1)NC(=O)N1C[C@H]2C[C@@H](C1)c1cccc(=O)n1C2. The summed E-state index contributed by atoms with van der Waals surface area (Å²) in [5, 5.41) is 6.00. The standard InChI is InChI=1S/C25H32N4O3/c1-3-17(2)26-24(31)21(13-18-8-5-4-6-9-18)27-25(32)28-14-19-12-20(16-28)22-10-7-11-23(30)29(22)15-19/h4-11,17,19-21H,3,12-16H2,1-2H3,(H,26,31)(H,27,32)/t17-,19+,20-,21-/m0/s1. The molecule has 0 saturated carbocycles. The molecule has 1 aromatic carbocycles. The molecular formula is C25H32N4O3. The molecule has 0 radical (unpaired) electrons. The molecule has 1 saturated heterocycles. The first-order valence-electron chi connectivity index (χ1n) is 11.5. The maximum Gasteiger partial charge on any atom is 0.318 e. The van der Waals surface area contributed by atoms with Gasteiger partial charge in [-0.05, 0) is 37.3 Å². The topological polar surface area (TPSA) is 83.4 Å². The zero-order valence-corrected chi connectivity index (χ0v) is 18.8. The van der Waals surface area contributed by atoms with E-state index in [-0.39, 0.29) is 35.4 Å². The lowest BCUT2D eigenvalue weighted by Gasteiger charge is -2.43. The molecule has 170 valence electrons. The zero-order chi connectivity index (χ0) is 22.7. The minimum absolute atomic E-state index is 0.0275. The van der Waals surface area contributed by atoms with E-state index in [1.807, 2.05) is 59.7 Å². The summed E-state index contributed by atoms with van der Waals surface area (Å²) in [7, 11) is 0. The lowest BCUT2D eigenvalue weighted by molar-refractivity contribution is -0.123. The summed E-state index contributed by atoms with van der Waals surface area (Å²) in [5.41, 5.74) is 2.03. The van der Waals surface area contributed by atoms with E-state index in [0.717, 1.165) is 24.1 Å². The van der Waals surface area contributed by atoms with Crippen molar-refractivity contribution in [3.8, 4) is 0 Å². The maximum absolute atomic E-state index is 13.2. The molecule has 4 atom stereocenters. The number of hydrogen-bond donors (Lipinski definition) is 2. The molecular weight excluding hydrogens is 404 g/mol. The molecule has 4 rings (SSSR count). The number of pyridine rings is 1. The van der Waals surface area contributed by atoms with Gasteiger partial charge in [-0.25, -0.2) is 4.79 Å². The summed E-state index contributed by atoms with van der Waals surface area (Å²) in [5.74, 6) is 0.225. The Balaban J connectivity index is 1.48. The molecule has 1 aromatic heterocycles. The molecule has 3 amide bonds. The molecule has 1 fully saturated rings. The van der Waals surface area contributed by atoms with Gasteiger partial charge in [-0.1, -0.05) is 43.3 Å². The number of hydrogen-bond acceptors (Lipinski definition) is 3. The number of benzene rings is 1. The second-order valence-corrected chi connectivity index (χ2v) is 9.11. The highest BCUT2D eigenvalue weighted by molar-refractivity contribution is 5.87. The molecule has 2 bridgehead atoms. The minimum Gasteiger partial charge on any atom is -0.352 e. The number of piperidine rings is 1. The number of carbonyl (C=O) groups is 2. The molecule has 0 spiro atoms. The fraction of sp³-hybridized carbons (Fsp3) is 0.480. The van der Waals surface area contributed by atoms with E-state index in [1.54, 1.807) is 12.1 Å². The Morgan fingerprint density at radius 1 is 1.03 bits per heavy atom. The van der Waals surface area contributed by atoms with Crippen LogP contribution in [-0.2, 0) is 17.8 Å². The Labute approximate surface area is 188 Å². The van der Waals surface area contributed by atoms with Crippen molar-refractivity contribution in [2.24, 2.45) is 5.92 Å². The normalized spacial score (nSPS) is 21.2. The first-order valence-corrected chi connectivity index (χ1v) is 11.5. The van der Waals surface area contributed by atoms with Crippen molar-refractivity contribution >= 4 is 11.9 Å². The van der Waals surface area contributed by atoms with Crippen LogP contribution in [0.15, 0.2) is 53.3 Å². The Morgan fingerprint density at radius 3 is 2.56 bits per heavy atom. The highest BCUT2D eigenvalue weighted by Gasteiger charge is 2.37. The van der Waals surface area contributed by atoms with Gasteiger partial charge in [0.25, 0.3) is 5.56 Å². The lowest BCUT2D eigenvalue weighted by atomic mass is 9.83. The van der Waals surface area contributed by atoms with Crippen molar-refractivity contribution in [3.05, 3.63) is 70.1 Å². The van der Waals surface area contributed by atoms with E-state index in [4.69, 9.17) is 0 Å². The summed E-state index contributed by atoms with van der Waals surface area (Å²) in [6.07, 6.45) is 2.24. The summed E-state index contributed by atoms with van der Waals surface area (Å²) in [4.78, 5) is 40.2. The molecule has 2 aliphatic rings. The second-order valence-electron chi connectivity index (χ2n) is 9.11.